The Kier molecular flexibility index (Phi) is 8.59. The molecular weight excluding hydrogens is 462 g/mol. The standard InChI is InChI=1S/C27H37N3O4S/c1-18(2)12-13-28-26(31)23-7-6-14-30(17-23)27(32)22-8-10-24(11-9-22)29-35(33,34)25-20(4)15-19(3)16-21(25)5/h8-11,15-16,18,23,29H,6-7,12-14,17H2,1-5H3,(H,28,31). The molecule has 2 N–H and O–H groups in total. The Labute approximate surface area is 209 Å². The van der Waals surface area contributed by atoms with Crippen LogP contribution in [0.2, 0.25) is 0 Å². The smallest absolute Gasteiger partial charge is 0.262 e. The van der Waals surface area contributed by atoms with Crippen LogP contribution in [0.1, 0.15) is 60.2 Å². The van der Waals surface area contributed by atoms with Crippen LogP contribution in [-0.4, -0.2) is 44.8 Å². The van der Waals surface area contributed by atoms with E-state index in [0.717, 1.165) is 24.8 Å². The molecule has 2 amide bonds. The van der Waals surface area contributed by atoms with E-state index in [-0.39, 0.29) is 22.6 Å². The zero-order valence-electron chi connectivity index (χ0n) is 21.3. The number of carbonyl (C=O) groups is 2. The molecule has 1 saturated heterocycles. The predicted molar refractivity (Wildman–Crippen MR) is 139 cm³/mol. The molecule has 8 heteroatoms. The molecule has 2 aromatic carbocycles. The van der Waals surface area contributed by atoms with E-state index < -0.39 is 10.0 Å². The van der Waals surface area contributed by atoms with E-state index in [2.05, 4.69) is 23.9 Å². The minimum atomic E-state index is -3.76. The van der Waals surface area contributed by atoms with Crippen LogP contribution in [0.25, 0.3) is 0 Å². The summed E-state index contributed by atoms with van der Waals surface area (Å²) in [4.78, 5) is 27.6. The number of benzene rings is 2. The monoisotopic (exact) mass is 499 g/mol. The summed E-state index contributed by atoms with van der Waals surface area (Å²) in [6.07, 6.45) is 2.48. The molecular formula is C27H37N3O4S. The molecule has 35 heavy (non-hydrogen) atoms. The molecule has 1 atom stereocenters. The van der Waals surface area contributed by atoms with Gasteiger partial charge in [0.05, 0.1) is 10.8 Å². The third-order valence-electron chi connectivity index (χ3n) is 6.36. The molecule has 0 saturated carbocycles. The summed E-state index contributed by atoms with van der Waals surface area (Å²) >= 11 is 0. The Bertz CT molecular complexity index is 1150. The number of sulfonamides is 1. The van der Waals surface area contributed by atoms with E-state index in [1.54, 1.807) is 43.0 Å². The summed E-state index contributed by atoms with van der Waals surface area (Å²) in [6, 6.07) is 10.1. The molecule has 2 aromatic rings. The van der Waals surface area contributed by atoms with Crippen molar-refractivity contribution < 1.29 is 18.0 Å². The van der Waals surface area contributed by atoms with Crippen molar-refractivity contribution in [3.8, 4) is 0 Å². The lowest BCUT2D eigenvalue weighted by atomic mass is 9.96. The first-order valence-electron chi connectivity index (χ1n) is 12.3. The van der Waals surface area contributed by atoms with Gasteiger partial charge in [-0.3, -0.25) is 14.3 Å². The molecule has 0 aromatic heterocycles. The van der Waals surface area contributed by atoms with Gasteiger partial charge in [-0.05, 0) is 81.3 Å². The molecule has 1 aliphatic rings. The van der Waals surface area contributed by atoms with Crippen molar-refractivity contribution in [3.05, 3.63) is 58.7 Å². The van der Waals surface area contributed by atoms with E-state index >= 15 is 0 Å². The second-order valence-electron chi connectivity index (χ2n) is 9.97. The Hall–Kier alpha value is -2.87. The SMILES string of the molecule is Cc1cc(C)c(S(=O)(=O)Nc2ccc(C(=O)N3CCCC(C(=O)NCCC(C)C)C3)cc2)c(C)c1. The molecule has 1 unspecified atom stereocenters. The van der Waals surface area contributed by atoms with E-state index in [1.165, 1.54) is 0 Å². The van der Waals surface area contributed by atoms with Gasteiger partial charge in [-0.1, -0.05) is 31.5 Å². The molecule has 1 aliphatic heterocycles. The summed E-state index contributed by atoms with van der Waals surface area (Å²) in [5.74, 6) is 0.183. The number of nitrogens with zero attached hydrogens (tertiary/aromatic N) is 1. The van der Waals surface area contributed by atoms with Crippen LogP contribution in [0.5, 0.6) is 0 Å². The van der Waals surface area contributed by atoms with Crippen LogP contribution in [0, 0.1) is 32.6 Å². The lowest BCUT2D eigenvalue weighted by Crippen LogP contribution is -2.45. The lowest BCUT2D eigenvalue weighted by molar-refractivity contribution is -0.126. The van der Waals surface area contributed by atoms with Gasteiger partial charge in [0.1, 0.15) is 0 Å². The summed E-state index contributed by atoms with van der Waals surface area (Å²) in [6.45, 7) is 11.4. The number of hydrogen-bond donors (Lipinski definition) is 2. The Morgan fingerprint density at radius 3 is 2.29 bits per heavy atom. The number of piperidine rings is 1. The van der Waals surface area contributed by atoms with Gasteiger partial charge in [0.25, 0.3) is 15.9 Å². The van der Waals surface area contributed by atoms with E-state index in [4.69, 9.17) is 0 Å². The molecule has 7 nitrogen and oxygen atoms in total. The number of amides is 2. The van der Waals surface area contributed by atoms with Crippen LogP contribution in [-0.2, 0) is 14.8 Å². The highest BCUT2D eigenvalue weighted by molar-refractivity contribution is 7.92. The number of hydrogen-bond acceptors (Lipinski definition) is 4. The zero-order chi connectivity index (χ0) is 25.8. The number of nitrogens with one attached hydrogen (secondary N) is 2. The topological polar surface area (TPSA) is 95.6 Å². The highest BCUT2D eigenvalue weighted by Crippen LogP contribution is 2.25. The quantitative estimate of drug-likeness (QED) is 0.562. The van der Waals surface area contributed by atoms with Crippen molar-refractivity contribution in [1.82, 2.24) is 10.2 Å². The van der Waals surface area contributed by atoms with Crippen molar-refractivity contribution in [3.63, 3.8) is 0 Å². The van der Waals surface area contributed by atoms with Gasteiger partial charge in [-0.25, -0.2) is 8.42 Å². The second kappa shape index (κ2) is 11.2. The van der Waals surface area contributed by atoms with Crippen LogP contribution in [0.15, 0.2) is 41.3 Å². The van der Waals surface area contributed by atoms with Gasteiger partial charge < -0.3 is 10.2 Å². The van der Waals surface area contributed by atoms with Crippen molar-refractivity contribution in [2.45, 2.75) is 58.8 Å². The van der Waals surface area contributed by atoms with Crippen LogP contribution < -0.4 is 10.0 Å². The van der Waals surface area contributed by atoms with Crippen molar-refractivity contribution in [2.24, 2.45) is 11.8 Å². The van der Waals surface area contributed by atoms with E-state index in [0.29, 0.717) is 47.9 Å². The Balaban J connectivity index is 1.65. The molecule has 1 heterocycles. The number of anilines is 1. The number of rotatable bonds is 8. The minimum absolute atomic E-state index is 0.00889. The normalized spacial score (nSPS) is 16.3. The highest BCUT2D eigenvalue weighted by Gasteiger charge is 2.29. The summed E-state index contributed by atoms with van der Waals surface area (Å²) in [5.41, 5.74) is 3.25. The number of carbonyl (C=O) groups excluding carboxylic acids is 2. The summed E-state index contributed by atoms with van der Waals surface area (Å²) in [5, 5.41) is 2.99. The van der Waals surface area contributed by atoms with Crippen LogP contribution in [0.3, 0.4) is 0 Å². The van der Waals surface area contributed by atoms with Crippen LogP contribution in [0.4, 0.5) is 5.69 Å². The number of aryl methyl sites for hydroxylation is 3. The van der Waals surface area contributed by atoms with Gasteiger partial charge in [0.2, 0.25) is 5.91 Å². The maximum absolute atomic E-state index is 13.1. The summed E-state index contributed by atoms with van der Waals surface area (Å²) < 4.78 is 28.6. The first kappa shape index (κ1) is 26.7. The fraction of sp³-hybridized carbons (Fsp3) is 0.481. The van der Waals surface area contributed by atoms with Gasteiger partial charge in [-0.2, -0.15) is 0 Å². The van der Waals surface area contributed by atoms with Crippen molar-refractivity contribution >= 4 is 27.5 Å². The molecule has 190 valence electrons. The molecule has 0 bridgehead atoms. The summed E-state index contributed by atoms with van der Waals surface area (Å²) in [7, 11) is -3.76. The fourth-order valence-electron chi connectivity index (χ4n) is 4.66. The average molecular weight is 500 g/mol. The average Bonchev–Trinajstić information content (AvgIpc) is 2.77. The van der Waals surface area contributed by atoms with Crippen molar-refractivity contribution in [1.29, 1.82) is 0 Å². The zero-order valence-corrected chi connectivity index (χ0v) is 22.2. The molecule has 1 fully saturated rings. The Morgan fingerprint density at radius 2 is 1.69 bits per heavy atom. The minimum Gasteiger partial charge on any atom is -0.356 e. The molecule has 0 radical (unpaired) electrons. The molecule has 0 spiro atoms. The first-order chi connectivity index (χ1) is 16.5. The maximum atomic E-state index is 13.1. The van der Waals surface area contributed by atoms with Crippen molar-refractivity contribution in [2.75, 3.05) is 24.4 Å². The third kappa shape index (κ3) is 6.84. The second-order valence-corrected chi connectivity index (χ2v) is 11.6. The largest absolute Gasteiger partial charge is 0.356 e. The van der Waals surface area contributed by atoms with Gasteiger partial charge in [0, 0.05) is 30.9 Å². The first-order valence-corrected chi connectivity index (χ1v) is 13.7. The predicted octanol–water partition coefficient (Wildman–Crippen LogP) is 4.43. The van der Waals surface area contributed by atoms with Gasteiger partial charge in [0.15, 0.2) is 0 Å². The Morgan fingerprint density at radius 1 is 1.06 bits per heavy atom. The third-order valence-corrected chi connectivity index (χ3v) is 8.04. The number of likely N-dealkylation sites (tertiary alicyclic amines) is 1. The fourth-order valence-corrected chi connectivity index (χ4v) is 6.18. The van der Waals surface area contributed by atoms with Crippen LogP contribution >= 0.6 is 0 Å². The van der Waals surface area contributed by atoms with Gasteiger partial charge >= 0.3 is 0 Å². The van der Waals surface area contributed by atoms with Gasteiger partial charge in [-0.15, -0.1) is 0 Å². The lowest BCUT2D eigenvalue weighted by Gasteiger charge is -2.32. The van der Waals surface area contributed by atoms with E-state index in [1.807, 2.05) is 19.1 Å². The molecule has 0 aliphatic carbocycles. The van der Waals surface area contributed by atoms with E-state index in [9.17, 15) is 18.0 Å². The molecule has 3 rings (SSSR count). The maximum Gasteiger partial charge on any atom is 0.262 e. The highest BCUT2D eigenvalue weighted by atomic mass is 32.2.